The van der Waals surface area contributed by atoms with Crippen LogP contribution >= 0.6 is 15.9 Å². The SMILES string of the molecule is Cc1ccccc1OCC(=O)N(Cc1cccc(Br)c1)[C@H](C)C(=O)NCC(C)C. The molecule has 2 aromatic carbocycles. The average Bonchev–Trinajstić information content (AvgIpc) is 2.69. The minimum atomic E-state index is -0.610. The molecule has 2 aromatic rings. The van der Waals surface area contributed by atoms with E-state index in [1.165, 1.54) is 0 Å². The van der Waals surface area contributed by atoms with Gasteiger partial charge in [-0.25, -0.2) is 0 Å². The van der Waals surface area contributed by atoms with Gasteiger partial charge < -0.3 is 15.0 Å². The fraction of sp³-hybridized carbons (Fsp3) is 0.391. The second-order valence-corrected chi connectivity index (χ2v) is 8.44. The van der Waals surface area contributed by atoms with Crippen LogP contribution in [0.2, 0.25) is 0 Å². The Kier molecular flexibility index (Phi) is 8.70. The van der Waals surface area contributed by atoms with Gasteiger partial charge in [0.05, 0.1) is 0 Å². The van der Waals surface area contributed by atoms with Crippen molar-refractivity contribution in [2.75, 3.05) is 13.2 Å². The Bertz CT molecular complexity index is 838. The zero-order valence-electron chi connectivity index (χ0n) is 17.4. The summed E-state index contributed by atoms with van der Waals surface area (Å²) in [6.07, 6.45) is 0. The van der Waals surface area contributed by atoms with Crippen molar-refractivity contribution < 1.29 is 14.3 Å². The number of rotatable bonds is 9. The van der Waals surface area contributed by atoms with Crippen molar-refractivity contribution in [3.05, 3.63) is 64.1 Å². The lowest BCUT2D eigenvalue weighted by Crippen LogP contribution is -2.49. The lowest BCUT2D eigenvalue weighted by atomic mass is 10.1. The summed E-state index contributed by atoms with van der Waals surface area (Å²) < 4.78 is 6.66. The molecule has 0 fully saturated rings. The molecule has 5 nitrogen and oxygen atoms in total. The van der Waals surface area contributed by atoms with Gasteiger partial charge in [-0.1, -0.05) is 60.1 Å². The number of nitrogens with one attached hydrogen (secondary N) is 1. The first kappa shape index (κ1) is 22.9. The summed E-state index contributed by atoms with van der Waals surface area (Å²) in [6.45, 7) is 8.52. The van der Waals surface area contributed by atoms with Gasteiger partial charge in [-0.05, 0) is 49.1 Å². The first-order valence-electron chi connectivity index (χ1n) is 9.78. The summed E-state index contributed by atoms with van der Waals surface area (Å²) in [5, 5.41) is 2.91. The molecule has 0 saturated heterocycles. The van der Waals surface area contributed by atoms with Crippen molar-refractivity contribution in [1.82, 2.24) is 10.2 Å². The van der Waals surface area contributed by atoms with Gasteiger partial charge in [0.2, 0.25) is 5.91 Å². The Morgan fingerprint density at radius 1 is 1.10 bits per heavy atom. The molecular weight excluding hydrogens is 432 g/mol. The largest absolute Gasteiger partial charge is 0.484 e. The fourth-order valence-electron chi connectivity index (χ4n) is 2.81. The summed E-state index contributed by atoms with van der Waals surface area (Å²) in [5.74, 6) is 0.600. The van der Waals surface area contributed by atoms with Crippen LogP contribution in [0.3, 0.4) is 0 Å². The number of halogens is 1. The van der Waals surface area contributed by atoms with E-state index in [1.807, 2.05) is 69.3 Å². The van der Waals surface area contributed by atoms with Crippen LogP contribution in [0, 0.1) is 12.8 Å². The van der Waals surface area contributed by atoms with Gasteiger partial charge in [0.15, 0.2) is 6.61 Å². The number of aryl methyl sites for hydroxylation is 1. The van der Waals surface area contributed by atoms with E-state index in [0.29, 0.717) is 24.8 Å². The van der Waals surface area contributed by atoms with Crippen LogP contribution in [0.1, 0.15) is 31.9 Å². The first-order valence-corrected chi connectivity index (χ1v) is 10.6. The van der Waals surface area contributed by atoms with Gasteiger partial charge >= 0.3 is 0 Å². The number of carbonyl (C=O) groups is 2. The van der Waals surface area contributed by atoms with Crippen LogP contribution in [-0.4, -0.2) is 35.9 Å². The van der Waals surface area contributed by atoms with Crippen LogP contribution in [-0.2, 0) is 16.1 Å². The van der Waals surface area contributed by atoms with Gasteiger partial charge in [0, 0.05) is 17.6 Å². The molecule has 0 radical (unpaired) electrons. The van der Waals surface area contributed by atoms with Crippen LogP contribution in [0.4, 0.5) is 0 Å². The van der Waals surface area contributed by atoms with Gasteiger partial charge in [0.1, 0.15) is 11.8 Å². The van der Waals surface area contributed by atoms with Crippen molar-refractivity contribution in [1.29, 1.82) is 0 Å². The number of nitrogens with zero attached hydrogens (tertiary/aromatic N) is 1. The molecule has 0 aliphatic rings. The van der Waals surface area contributed by atoms with Crippen molar-refractivity contribution in [2.24, 2.45) is 5.92 Å². The van der Waals surface area contributed by atoms with Crippen LogP contribution in [0.5, 0.6) is 5.75 Å². The molecule has 0 aliphatic carbocycles. The van der Waals surface area contributed by atoms with E-state index < -0.39 is 6.04 Å². The van der Waals surface area contributed by atoms with Crippen molar-refractivity contribution in [3.8, 4) is 5.75 Å². The van der Waals surface area contributed by atoms with E-state index in [2.05, 4.69) is 21.2 Å². The molecule has 6 heteroatoms. The second kappa shape index (κ2) is 11.0. The molecule has 0 spiro atoms. The Morgan fingerprint density at radius 2 is 1.83 bits per heavy atom. The third-order valence-electron chi connectivity index (χ3n) is 4.54. The standard InChI is InChI=1S/C23H29BrN2O3/c1-16(2)13-25-23(28)18(4)26(14-19-9-7-10-20(24)12-19)22(27)15-29-21-11-6-5-8-17(21)3/h5-12,16,18H,13-15H2,1-4H3,(H,25,28)/t18-/m1/s1. The lowest BCUT2D eigenvalue weighted by Gasteiger charge is -2.29. The van der Waals surface area contributed by atoms with Crippen LogP contribution < -0.4 is 10.1 Å². The third kappa shape index (κ3) is 7.20. The molecule has 2 rings (SSSR count). The van der Waals surface area contributed by atoms with Gasteiger partial charge in [0.25, 0.3) is 5.91 Å². The van der Waals surface area contributed by atoms with Crippen molar-refractivity contribution in [2.45, 2.75) is 40.3 Å². The summed E-state index contributed by atoms with van der Waals surface area (Å²) in [4.78, 5) is 27.2. The highest BCUT2D eigenvalue weighted by molar-refractivity contribution is 9.10. The molecule has 0 heterocycles. The quantitative estimate of drug-likeness (QED) is 0.605. The summed E-state index contributed by atoms with van der Waals surface area (Å²) in [7, 11) is 0. The molecule has 156 valence electrons. The molecule has 1 N–H and O–H groups in total. The maximum absolute atomic E-state index is 13.0. The van der Waals surface area contributed by atoms with Gasteiger partial charge in [-0.15, -0.1) is 0 Å². The van der Waals surface area contributed by atoms with Gasteiger partial charge in [-0.2, -0.15) is 0 Å². The number of ether oxygens (including phenoxy) is 1. The van der Waals surface area contributed by atoms with E-state index in [0.717, 1.165) is 15.6 Å². The number of hydrogen-bond acceptors (Lipinski definition) is 3. The second-order valence-electron chi connectivity index (χ2n) is 7.52. The molecule has 0 aliphatic heterocycles. The number of benzene rings is 2. The number of hydrogen-bond donors (Lipinski definition) is 1. The molecule has 0 saturated carbocycles. The highest BCUT2D eigenvalue weighted by Crippen LogP contribution is 2.18. The predicted molar refractivity (Wildman–Crippen MR) is 119 cm³/mol. The molecule has 0 aromatic heterocycles. The average molecular weight is 461 g/mol. The summed E-state index contributed by atoms with van der Waals surface area (Å²) in [5.41, 5.74) is 1.90. The Labute approximate surface area is 181 Å². The molecule has 0 unspecified atom stereocenters. The zero-order valence-corrected chi connectivity index (χ0v) is 19.0. The molecule has 2 amide bonds. The molecular formula is C23H29BrN2O3. The van der Waals surface area contributed by atoms with E-state index in [4.69, 9.17) is 4.74 Å². The Balaban J connectivity index is 2.14. The van der Waals surface area contributed by atoms with Crippen molar-refractivity contribution >= 4 is 27.7 Å². The lowest BCUT2D eigenvalue weighted by molar-refractivity contribution is -0.142. The number of carbonyl (C=O) groups excluding carboxylic acids is 2. The minimum Gasteiger partial charge on any atom is -0.484 e. The monoisotopic (exact) mass is 460 g/mol. The predicted octanol–water partition coefficient (Wildman–Crippen LogP) is 4.33. The molecule has 1 atom stereocenters. The van der Waals surface area contributed by atoms with Crippen LogP contribution in [0.15, 0.2) is 53.0 Å². The van der Waals surface area contributed by atoms with E-state index in [1.54, 1.807) is 11.8 Å². The van der Waals surface area contributed by atoms with E-state index in [-0.39, 0.29) is 18.4 Å². The van der Waals surface area contributed by atoms with Gasteiger partial charge in [-0.3, -0.25) is 9.59 Å². The van der Waals surface area contributed by atoms with E-state index >= 15 is 0 Å². The topological polar surface area (TPSA) is 58.6 Å². The smallest absolute Gasteiger partial charge is 0.261 e. The minimum absolute atomic E-state index is 0.124. The fourth-order valence-corrected chi connectivity index (χ4v) is 3.25. The third-order valence-corrected chi connectivity index (χ3v) is 5.03. The molecule has 29 heavy (non-hydrogen) atoms. The number of amides is 2. The van der Waals surface area contributed by atoms with E-state index in [9.17, 15) is 9.59 Å². The molecule has 0 bridgehead atoms. The number of para-hydroxylation sites is 1. The highest BCUT2D eigenvalue weighted by atomic mass is 79.9. The maximum atomic E-state index is 13.0. The maximum Gasteiger partial charge on any atom is 0.261 e. The van der Waals surface area contributed by atoms with Crippen LogP contribution in [0.25, 0.3) is 0 Å². The first-order chi connectivity index (χ1) is 13.8. The normalized spacial score (nSPS) is 11.8. The summed E-state index contributed by atoms with van der Waals surface area (Å²) in [6, 6.07) is 14.7. The highest BCUT2D eigenvalue weighted by Gasteiger charge is 2.26. The summed E-state index contributed by atoms with van der Waals surface area (Å²) >= 11 is 3.46. The Hall–Kier alpha value is -2.34. The Morgan fingerprint density at radius 3 is 2.48 bits per heavy atom. The zero-order chi connectivity index (χ0) is 21.4. The van der Waals surface area contributed by atoms with Crippen molar-refractivity contribution in [3.63, 3.8) is 0 Å².